The van der Waals surface area contributed by atoms with Crippen LogP contribution in [0.5, 0.6) is 0 Å². The van der Waals surface area contributed by atoms with E-state index in [1.807, 2.05) is 61.5 Å². The first-order valence-corrected chi connectivity index (χ1v) is 10.6. The van der Waals surface area contributed by atoms with Crippen molar-refractivity contribution in [1.82, 2.24) is 14.9 Å². The molecular formula is C20H23N3O3S. The van der Waals surface area contributed by atoms with Crippen molar-refractivity contribution >= 4 is 10.0 Å². The summed E-state index contributed by atoms with van der Waals surface area (Å²) in [6.45, 7) is 2.25. The largest absolute Gasteiger partial charge is 0.339 e. The molecule has 0 unspecified atom stereocenters. The van der Waals surface area contributed by atoms with Crippen LogP contribution >= 0.6 is 0 Å². The quantitative estimate of drug-likeness (QED) is 0.612. The fraction of sp³-hybridized carbons (Fsp3) is 0.300. The Morgan fingerprint density at radius 2 is 1.74 bits per heavy atom. The molecule has 0 saturated carbocycles. The molecule has 1 aromatic heterocycles. The van der Waals surface area contributed by atoms with Gasteiger partial charge in [-0.05, 0) is 25.3 Å². The fourth-order valence-corrected chi connectivity index (χ4v) is 3.75. The van der Waals surface area contributed by atoms with Crippen LogP contribution in [-0.4, -0.2) is 30.9 Å². The molecule has 1 N–H and O–H groups in total. The molecule has 3 rings (SSSR count). The smallest absolute Gasteiger partial charge is 0.228 e. The van der Waals surface area contributed by atoms with Gasteiger partial charge in [0.1, 0.15) is 0 Å². The summed E-state index contributed by atoms with van der Waals surface area (Å²) in [5.41, 5.74) is 3.17. The van der Waals surface area contributed by atoms with Crippen LogP contribution in [0, 0.1) is 6.92 Å². The Bertz CT molecular complexity index is 952. The summed E-state index contributed by atoms with van der Waals surface area (Å²) in [6, 6.07) is 17.7. The number of aromatic nitrogens is 2. The number of nitrogens with zero attached hydrogens (tertiary/aromatic N) is 2. The molecule has 142 valence electrons. The van der Waals surface area contributed by atoms with E-state index in [0.717, 1.165) is 23.1 Å². The molecule has 0 atom stereocenters. The van der Waals surface area contributed by atoms with Gasteiger partial charge in [-0.1, -0.05) is 65.3 Å². The van der Waals surface area contributed by atoms with Crippen LogP contribution < -0.4 is 4.72 Å². The Balaban J connectivity index is 1.44. The van der Waals surface area contributed by atoms with Crippen molar-refractivity contribution in [1.29, 1.82) is 0 Å². The molecule has 3 aromatic rings. The average Bonchev–Trinajstić information content (AvgIpc) is 3.12. The first kappa shape index (κ1) is 19.3. The van der Waals surface area contributed by atoms with Crippen LogP contribution in [0.1, 0.15) is 23.4 Å². The minimum absolute atomic E-state index is 0.0976. The summed E-state index contributed by atoms with van der Waals surface area (Å²) < 4.78 is 32.0. The summed E-state index contributed by atoms with van der Waals surface area (Å²) in [5.74, 6) is 1.02. The molecule has 27 heavy (non-hydrogen) atoms. The minimum Gasteiger partial charge on any atom is -0.339 e. The highest BCUT2D eigenvalue weighted by Gasteiger charge is 2.12. The van der Waals surface area contributed by atoms with Gasteiger partial charge in [-0.2, -0.15) is 4.98 Å². The van der Waals surface area contributed by atoms with Gasteiger partial charge in [-0.15, -0.1) is 0 Å². The molecule has 0 bridgehead atoms. The van der Waals surface area contributed by atoms with Crippen molar-refractivity contribution in [2.75, 3.05) is 12.3 Å². The second-order valence-electron chi connectivity index (χ2n) is 6.43. The lowest BCUT2D eigenvalue weighted by atomic mass is 10.1. The van der Waals surface area contributed by atoms with Gasteiger partial charge in [-0.3, -0.25) is 0 Å². The van der Waals surface area contributed by atoms with E-state index < -0.39 is 10.0 Å². The lowest BCUT2D eigenvalue weighted by Gasteiger charge is -2.05. The van der Waals surface area contributed by atoms with Gasteiger partial charge in [0.05, 0.1) is 5.75 Å². The van der Waals surface area contributed by atoms with E-state index in [9.17, 15) is 8.42 Å². The van der Waals surface area contributed by atoms with E-state index in [1.165, 1.54) is 0 Å². The van der Waals surface area contributed by atoms with Crippen LogP contribution in [0.15, 0.2) is 59.1 Å². The van der Waals surface area contributed by atoms with Gasteiger partial charge in [0.15, 0.2) is 0 Å². The Labute approximate surface area is 159 Å². The molecule has 1 heterocycles. The predicted octanol–water partition coefficient (Wildman–Crippen LogP) is 3.14. The molecule has 0 radical (unpaired) electrons. The van der Waals surface area contributed by atoms with E-state index in [2.05, 4.69) is 14.9 Å². The third kappa shape index (κ3) is 6.01. The van der Waals surface area contributed by atoms with Crippen LogP contribution in [-0.2, 0) is 22.9 Å². The van der Waals surface area contributed by atoms with E-state index >= 15 is 0 Å². The highest BCUT2D eigenvalue weighted by Crippen LogP contribution is 2.16. The van der Waals surface area contributed by atoms with E-state index in [0.29, 0.717) is 24.6 Å². The maximum absolute atomic E-state index is 12.1. The molecule has 6 nitrogen and oxygen atoms in total. The van der Waals surface area contributed by atoms with Crippen LogP contribution in [0.3, 0.4) is 0 Å². The zero-order chi connectivity index (χ0) is 19.1. The molecule has 2 aromatic carbocycles. The van der Waals surface area contributed by atoms with Crippen molar-refractivity contribution in [2.24, 2.45) is 0 Å². The Morgan fingerprint density at radius 3 is 2.48 bits per heavy atom. The van der Waals surface area contributed by atoms with Crippen LogP contribution in [0.4, 0.5) is 0 Å². The highest BCUT2D eigenvalue weighted by molar-refractivity contribution is 7.89. The molecule has 0 aliphatic rings. The zero-order valence-corrected chi connectivity index (χ0v) is 16.1. The van der Waals surface area contributed by atoms with Crippen molar-refractivity contribution in [3.05, 3.63) is 71.6 Å². The first-order valence-electron chi connectivity index (χ1n) is 8.93. The third-order valence-corrected chi connectivity index (χ3v) is 5.63. The van der Waals surface area contributed by atoms with Gasteiger partial charge < -0.3 is 4.52 Å². The zero-order valence-electron chi connectivity index (χ0n) is 15.3. The maximum Gasteiger partial charge on any atom is 0.228 e. The van der Waals surface area contributed by atoms with Crippen molar-refractivity contribution in [3.63, 3.8) is 0 Å². The number of nitrogens with one attached hydrogen (secondary N) is 1. The predicted molar refractivity (Wildman–Crippen MR) is 105 cm³/mol. The molecule has 0 aliphatic carbocycles. The standard InChI is InChI=1S/C20H23N3O3S/c1-16-9-11-18(12-10-16)20-22-19(26-23-20)13-14-21-27(24,25)15-5-8-17-6-3-2-4-7-17/h2-4,6-7,9-12,21H,5,8,13-15H2,1H3. The number of hydrogen-bond acceptors (Lipinski definition) is 5. The van der Waals surface area contributed by atoms with Gasteiger partial charge >= 0.3 is 0 Å². The molecule has 0 aliphatic heterocycles. The Kier molecular flexibility index (Phi) is 6.36. The number of benzene rings is 2. The molecule has 0 amide bonds. The first-order chi connectivity index (χ1) is 13.0. The molecule has 0 fully saturated rings. The second-order valence-corrected chi connectivity index (χ2v) is 8.36. The van der Waals surface area contributed by atoms with E-state index in [1.54, 1.807) is 0 Å². The molecule has 0 spiro atoms. The Hall–Kier alpha value is -2.51. The van der Waals surface area contributed by atoms with Crippen molar-refractivity contribution in [3.8, 4) is 11.4 Å². The number of rotatable bonds is 9. The molecule has 0 saturated heterocycles. The van der Waals surface area contributed by atoms with Crippen LogP contribution in [0.2, 0.25) is 0 Å². The Morgan fingerprint density at radius 1 is 1.00 bits per heavy atom. The summed E-state index contributed by atoms with van der Waals surface area (Å²) in [4.78, 5) is 4.32. The minimum atomic E-state index is -3.31. The van der Waals surface area contributed by atoms with E-state index in [-0.39, 0.29) is 12.3 Å². The normalized spacial score (nSPS) is 11.6. The van der Waals surface area contributed by atoms with Gasteiger partial charge in [-0.25, -0.2) is 13.1 Å². The average molecular weight is 385 g/mol. The maximum atomic E-state index is 12.1. The molecular weight excluding hydrogens is 362 g/mol. The number of hydrogen-bond donors (Lipinski definition) is 1. The lowest BCUT2D eigenvalue weighted by molar-refractivity contribution is 0.379. The third-order valence-electron chi connectivity index (χ3n) is 4.16. The highest BCUT2D eigenvalue weighted by atomic mass is 32.2. The lowest BCUT2D eigenvalue weighted by Crippen LogP contribution is -2.28. The monoisotopic (exact) mass is 385 g/mol. The topological polar surface area (TPSA) is 85.1 Å². The summed E-state index contributed by atoms with van der Waals surface area (Å²) in [5, 5.41) is 3.95. The number of sulfonamides is 1. The van der Waals surface area contributed by atoms with Gasteiger partial charge in [0, 0.05) is 18.5 Å². The number of aryl methyl sites for hydroxylation is 2. The van der Waals surface area contributed by atoms with Gasteiger partial charge in [0.2, 0.25) is 21.7 Å². The summed E-state index contributed by atoms with van der Waals surface area (Å²) >= 11 is 0. The van der Waals surface area contributed by atoms with Crippen molar-refractivity contribution < 1.29 is 12.9 Å². The van der Waals surface area contributed by atoms with Gasteiger partial charge in [0.25, 0.3) is 0 Å². The van der Waals surface area contributed by atoms with E-state index in [4.69, 9.17) is 4.52 Å². The fourth-order valence-electron chi connectivity index (χ4n) is 2.67. The summed E-state index contributed by atoms with van der Waals surface area (Å²) in [6.07, 6.45) is 1.68. The van der Waals surface area contributed by atoms with Crippen LogP contribution in [0.25, 0.3) is 11.4 Å². The summed E-state index contributed by atoms with van der Waals surface area (Å²) in [7, 11) is -3.31. The van der Waals surface area contributed by atoms with Crippen molar-refractivity contribution in [2.45, 2.75) is 26.2 Å². The molecule has 7 heteroatoms. The SMILES string of the molecule is Cc1ccc(-c2noc(CCNS(=O)(=O)CCCc3ccccc3)n2)cc1. The second kappa shape index (κ2) is 8.92.